The smallest absolute Gasteiger partial charge is 0.0716 e. The normalized spacial score (nSPS) is 11.8. The van der Waals surface area contributed by atoms with E-state index in [1.807, 2.05) is 0 Å². The zero-order valence-electron chi connectivity index (χ0n) is 40.3. The Labute approximate surface area is 428 Å². The molecule has 3 heterocycles. The van der Waals surface area contributed by atoms with Crippen molar-refractivity contribution in [3.8, 4) is 67.3 Å². The van der Waals surface area contributed by atoms with Gasteiger partial charge >= 0.3 is 0 Å². The topological polar surface area (TPSA) is 22.8 Å². The van der Waals surface area contributed by atoms with E-state index in [1.165, 1.54) is 70.5 Å². The van der Waals surface area contributed by atoms with Crippen molar-refractivity contribution in [2.24, 2.45) is 0 Å². The molecule has 0 fully saturated rings. The van der Waals surface area contributed by atoms with Gasteiger partial charge in [-0.15, -0.1) is 0 Å². The Morgan fingerprint density at radius 3 is 1.24 bits per heavy atom. The van der Waals surface area contributed by atoms with Gasteiger partial charge in [0.05, 0.1) is 33.5 Å². The molecular weight excluding hydrogens is 895 g/mol. The monoisotopic (exact) mass is 939 g/mol. The zero-order valence-corrected chi connectivity index (χ0v) is 40.3. The first kappa shape index (κ1) is 41.9. The molecule has 74 heavy (non-hydrogen) atoms. The third kappa shape index (κ3) is 6.78. The highest BCUT2D eigenvalue weighted by atomic mass is 15.0. The largest absolute Gasteiger partial charge is 0.309 e. The number of nitrogens with zero attached hydrogens (tertiary/aromatic N) is 3. The van der Waals surface area contributed by atoms with E-state index >= 15 is 0 Å². The Morgan fingerprint density at radius 2 is 0.595 bits per heavy atom. The number of hydrogen-bond acceptors (Lipinski definition) is 1. The summed E-state index contributed by atoms with van der Waals surface area (Å²) >= 11 is 0. The number of hydrogen-bond donors (Lipinski definition) is 0. The summed E-state index contributed by atoms with van der Waals surface area (Å²) in [5.41, 5.74) is 17.7. The molecule has 0 radical (unpaired) electrons. The van der Waals surface area contributed by atoms with Crippen LogP contribution >= 0.6 is 0 Å². The molecule has 0 spiro atoms. The molecule has 0 bridgehead atoms. The van der Waals surface area contributed by atoms with Gasteiger partial charge in [0.15, 0.2) is 0 Å². The van der Waals surface area contributed by atoms with Gasteiger partial charge in [0, 0.05) is 44.0 Å². The van der Waals surface area contributed by atoms with Crippen LogP contribution in [0.15, 0.2) is 273 Å². The lowest BCUT2D eigenvalue weighted by Crippen LogP contribution is -1.98. The molecule has 0 saturated heterocycles. The molecule has 15 aromatic rings. The first-order valence-corrected chi connectivity index (χ1v) is 25.4. The van der Waals surface area contributed by atoms with Crippen molar-refractivity contribution >= 4 is 75.9 Å². The van der Waals surface area contributed by atoms with E-state index in [9.17, 15) is 0 Å². The Hall–Kier alpha value is -9.83. The van der Waals surface area contributed by atoms with Gasteiger partial charge < -0.3 is 9.13 Å². The van der Waals surface area contributed by atoms with Crippen molar-refractivity contribution in [2.45, 2.75) is 0 Å². The molecule has 3 nitrogen and oxygen atoms in total. The second-order valence-electron chi connectivity index (χ2n) is 19.5. The molecule has 0 aliphatic rings. The minimum absolute atomic E-state index is 0.902. The van der Waals surface area contributed by atoms with Crippen molar-refractivity contribution in [1.82, 2.24) is 14.1 Å². The fourth-order valence-electron chi connectivity index (χ4n) is 11.8. The average Bonchev–Trinajstić information content (AvgIpc) is 4.00. The number of pyridine rings is 1. The molecule has 3 heteroatoms. The number of para-hydroxylation sites is 3. The van der Waals surface area contributed by atoms with Crippen LogP contribution in [0.4, 0.5) is 0 Å². The van der Waals surface area contributed by atoms with Crippen LogP contribution < -0.4 is 0 Å². The summed E-state index contributed by atoms with van der Waals surface area (Å²) in [4.78, 5) is 5.70. The Kier molecular flexibility index (Phi) is 9.57. The van der Waals surface area contributed by atoms with Crippen molar-refractivity contribution in [3.63, 3.8) is 0 Å². The molecule has 0 aliphatic heterocycles. The Balaban J connectivity index is 0.996. The summed E-state index contributed by atoms with van der Waals surface area (Å²) in [6.45, 7) is 0. The van der Waals surface area contributed by atoms with Crippen LogP contribution in [-0.2, 0) is 0 Å². The van der Waals surface area contributed by atoms with E-state index in [1.54, 1.807) is 0 Å². The van der Waals surface area contributed by atoms with E-state index in [-0.39, 0.29) is 0 Å². The highest BCUT2D eigenvalue weighted by molar-refractivity contribution is 6.26. The summed E-state index contributed by atoms with van der Waals surface area (Å²) < 4.78 is 4.84. The van der Waals surface area contributed by atoms with Gasteiger partial charge in [-0.25, -0.2) is 4.98 Å². The predicted octanol–water partition coefficient (Wildman–Crippen LogP) is 19.1. The SMILES string of the molecule is c1ccc(-c2cc(-c3cc(-c4ccc5c6ccccc6c6ccccc6c5c4)cc(-n4c5ccccc5c5ccc(-c6ccccc6)cc54)c3)nc(-c3ccc4c(c3)c3ccccc3n4-c3ccccc3)c2)cc1. The van der Waals surface area contributed by atoms with Gasteiger partial charge in [-0.1, -0.05) is 194 Å². The molecule has 12 aromatic carbocycles. The van der Waals surface area contributed by atoms with Gasteiger partial charge in [-0.05, 0) is 145 Å². The fraction of sp³-hybridized carbons (Fsp3) is 0. The van der Waals surface area contributed by atoms with E-state index in [2.05, 4.69) is 282 Å². The maximum absolute atomic E-state index is 5.70. The van der Waals surface area contributed by atoms with Crippen LogP contribution in [0.2, 0.25) is 0 Å². The number of fused-ring (bicyclic) bond motifs is 12. The van der Waals surface area contributed by atoms with Crippen LogP contribution in [-0.4, -0.2) is 14.1 Å². The molecule has 0 unspecified atom stereocenters. The van der Waals surface area contributed by atoms with Gasteiger partial charge in [0.25, 0.3) is 0 Å². The van der Waals surface area contributed by atoms with Crippen LogP contribution in [0, 0.1) is 0 Å². The molecule has 344 valence electrons. The maximum Gasteiger partial charge on any atom is 0.0716 e. The van der Waals surface area contributed by atoms with E-state index < -0.39 is 0 Å². The summed E-state index contributed by atoms with van der Waals surface area (Å²) in [5, 5.41) is 12.4. The van der Waals surface area contributed by atoms with Gasteiger partial charge in [-0.2, -0.15) is 0 Å². The predicted molar refractivity (Wildman–Crippen MR) is 313 cm³/mol. The summed E-state index contributed by atoms with van der Waals surface area (Å²) in [6.07, 6.45) is 0. The first-order valence-electron chi connectivity index (χ1n) is 25.4. The first-order chi connectivity index (χ1) is 36.7. The maximum atomic E-state index is 5.70. The second-order valence-corrected chi connectivity index (χ2v) is 19.5. The zero-order chi connectivity index (χ0) is 48.7. The number of benzene rings is 12. The highest BCUT2D eigenvalue weighted by Gasteiger charge is 2.20. The lowest BCUT2D eigenvalue weighted by Gasteiger charge is -2.16. The summed E-state index contributed by atoms with van der Waals surface area (Å²) in [5.74, 6) is 0. The second kappa shape index (κ2) is 16.9. The molecule has 15 rings (SSSR count). The van der Waals surface area contributed by atoms with Crippen molar-refractivity contribution < 1.29 is 0 Å². The van der Waals surface area contributed by atoms with Crippen LogP contribution in [0.1, 0.15) is 0 Å². The van der Waals surface area contributed by atoms with E-state index in [0.29, 0.717) is 0 Å². The summed E-state index contributed by atoms with van der Waals surface area (Å²) in [6, 6.07) is 99.8. The van der Waals surface area contributed by atoms with Gasteiger partial charge in [0.1, 0.15) is 0 Å². The van der Waals surface area contributed by atoms with Gasteiger partial charge in [-0.3, -0.25) is 0 Å². The van der Waals surface area contributed by atoms with E-state index in [4.69, 9.17) is 4.98 Å². The molecular formula is C71H45N3. The quantitative estimate of drug-likeness (QED) is 0.146. The van der Waals surface area contributed by atoms with Crippen molar-refractivity contribution in [3.05, 3.63) is 273 Å². The van der Waals surface area contributed by atoms with Crippen molar-refractivity contribution in [1.29, 1.82) is 0 Å². The van der Waals surface area contributed by atoms with Crippen LogP contribution in [0.3, 0.4) is 0 Å². The molecule has 0 atom stereocenters. The lowest BCUT2D eigenvalue weighted by atomic mass is 9.91. The standard InChI is InChI=1S/C71H45N3/c1-4-18-46(19-5-1)49-33-36-63-61-28-14-16-30-68(61)74(71(63)45-49)55-39-51(48-32-35-60-58-26-11-10-24-56(58)57-25-12-13-27-59(57)64(60)41-48)38-53(40-55)67-44-52(47-20-6-2-7-21-47)43-66(72-67)50-34-37-70-65(42-50)62-29-15-17-31-69(62)73(70)54-22-8-3-9-23-54/h1-45H. The summed E-state index contributed by atoms with van der Waals surface area (Å²) in [7, 11) is 0. The number of rotatable bonds is 7. The lowest BCUT2D eigenvalue weighted by molar-refractivity contribution is 1.18. The molecule has 0 amide bonds. The minimum Gasteiger partial charge on any atom is -0.309 e. The molecule has 0 saturated carbocycles. The Bertz CT molecular complexity index is 4660. The number of aromatic nitrogens is 3. The molecule has 0 N–H and O–H groups in total. The highest BCUT2D eigenvalue weighted by Crippen LogP contribution is 2.42. The molecule has 0 aliphatic carbocycles. The Morgan fingerprint density at radius 1 is 0.189 bits per heavy atom. The van der Waals surface area contributed by atoms with Gasteiger partial charge in [0.2, 0.25) is 0 Å². The average molecular weight is 940 g/mol. The minimum atomic E-state index is 0.902. The van der Waals surface area contributed by atoms with Crippen LogP contribution in [0.5, 0.6) is 0 Å². The van der Waals surface area contributed by atoms with Crippen molar-refractivity contribution in [2.75, 3.05) is 0 Å². The van der Waals surface area contributed by atoms with E-state index in [0.717, 1.165) is 72.7 Å². The third-order valence-electron chi connectivity index (χ3n) is 15.2. The fourth-order valence-corrected chi connectivity index (χ4v) is 11.8. The molecule has 3 aromatic heterocycles. The third-order valence-corrected chi connectivity index (χ3v) is 15.2. The van der Waals surface area contributed by atoms with Crippen LogP contribution in [0.25, 0.3) is 143 Å².